The first-order chi connectivity index (χ1) is 12.1. The molecule has 0 aliphatic carbocycles. The first kappa shape index (κ1) is 23.8. The molecule has 0 rings (SSSR count). The van der Waals surface area contributed by atoms with Crippen molar-refractivity contribution in [3.05, 3.63) is 0 Å². The molecular weight excluding hydrogens is 352 g/mol. The van der Waals surface area contributed by atoms with Crippen molar-refractivity contribution in [3.63, 3.8) is 0 Å². The van der Waals surface area contributed by atoms with Crippen LogP contribution >= 0.6 is 0 Å². The van der Waals surface area contributed by atoms with Crippen molar-refractivity contribution in [1.29, 1.82) is 0 Å². The molecule has 150 valence electrons. The normalized spacial score (nSPS) is 15.2. The maximum atomic E-state index is 11.5. The molecule has 0 radical (unpaired) electrons. The summed E-state index contributed by atoms with van der Waals surface area (Å²) in [6.07, 6.45) is -4.16. The summed E-state index contributed by atoms with van der Waals surface area (Å²) in [7, 11) is 2.62. The Hall–Kier alpha value is -2.20. The smallest absolute Gasteiger partial charge is 0.303 e. The summed E-state index contributed by atoms with van der Waals surface area (Å²) in [6.45, 7) is 4.18. The number of hydrogen-bond donors (Lipinski definition) is 0. The molecule has 0 aromatic carbocycles. The minimum Gasteiger partial charge on any atom is -0.463 e. The predicted octanol–water partition coefficient (Wildman–Crippen LogP) is 0.00600. The van der Waals surface area contributed by atoms with Crippen molar-refractivity contribution in [1.82, 2.24) is 0 Å². The standard InChI is InChI=1S/C16H26O10/c1-9(17)23-7-13(21-5)16(26-12(4)20)15(22-6)14(25-11(3)19)8-24-10(2)18/h13-16H,7-8H2,1-6H3/t13-,14+,15+,16+/m0/s1. The molecule has 10 heteroatoms. The largest absolute Gasteiger partial charge is 0.463 e. The third kappa shape index (κ3) is 9.33. The van der Waals surface area contributed by atoms with Gasteiger partial charge < -0.3 is 28.4 Å². The molecule has 0 spiro atoms. The zero-order valence-electron chi connectivity index (χ0n) is 15.8. The van der Waals surface area contributed by atoms with Gasteiger partial charge in [0, 0.05) is 41.9 Å². The van der Waals surface area contributed by atoms with Crippen LogP contribution in [0.1, 0.15) is 27.7 Å². The molecule has 4 atom stereocenters. The molecule has 0 unspecified atom stereocenters. The lowest BCUT2D eigenvalue weighted by Gasteiger charge is -2.34. The highest BCUT2D eigenvalue weighted by molar-refractivity contribution is 5.67. The van der Waals surface area contributed by atoms with Crippen molar-refractivity contribution >= 4 is 23.9 Å². The molecule has 0 N–H and O–H groups in total. The number of methoxy groups -OCH3 is 2. The monoisotopic (exact) mass is 378 g/mol. The van der Waals surface area contributed by atoms with E-state index in [1.165, 1.54) is 41.9 Å². The summed E-state index contributed by atoms with van der Waals surface area (Å²) >= 11 is 0. The third-order valence-electron chi connectivity index (χ3n) is 3.15. The van der Waals surface area contributed by atoms with Crippen molar-refractivity contribution < 1.29 is 47.6 Å². The van der Waals surface area contributed by atoms with Crippen molar-refractivity contribution in [2.75, 3.05) is 27.4 Å². The van der Waals surface area contributed by atoms with Gasteiger partial charge in [0.25, 0.3) is 0 Å². The van der Waals surface area contributed by atoms with E-state index in [1.807, 2.05) is 0 Å². The van der Waals surface area contributed by atoms with Crippen LogP contribution < -0.4 is 0 Å². The molecule has 0 aromatic heterocycles. The molecule has 0 aromatic rings. The molecular formula is C16H26O10. The Morgan fingerprint density at radius 2 is 1.08 bits per heavy atom. The Labute approximate surface area is 152 Å². The Balaban J connectivity index is 5.59. The number of rotatable bonds is 11. The van der Waals surface area contributed by atoms with Gasteiger partial charge in [-0.2, -0.15) is 0 Å². The van der Waals surface area contributed by atoms with Crippen molar-refractivity contribution in [3.8, 4) is 0 Å². The van der Waals surface area contributed by atoms with Gasteiger partial charge in [0.15, 0.2) is 12.2 Å². The summed E-state index contributed by atoms with van der Waals surface area (Å²) in [5.74, 6) is -2.46. The number of carbonyl (C=O) groups excluding carboxylic acids is 4. The average Bonchev–Trinajstić information content (AvgIpc) is 2.52. The van der Waals surface area contributed by atoms with Crippen molar-refractivity contribution in [2.45, 2.75) is 52.1 Å². The molecule has 10 nitrogen and oxygen atoms in total. The number of carbonyl (C=O) groups is 4. The van der Waals surface area contributed by atoms with E-state index in [9.17, 15) is 19.2 Å². The SMILES string of the molecule is CO[C@@H]([C@H](OC(C)=O)[C@H](COC(C)=O)OC)[C@@H](COC(C)=O)OC(C)=O. The Morgan fingerprint density at radius 1 is 0.615 bits per heavy atom. The van der Waals surface area contributed by atoms with Crippen LogP contribution in [-0.4, -0.2) is 75.7 Å². The van der Waals surface area contributed by atoms with Crippen LogP contribution in [0.2, 0.25) is 0 Å². The van der Waals surface area contributed by atoms with Gasteiger partial charge in [0.2, 0.25) is 0 Å². The van der Waals surface area contributed by atoms with E-state index in [1.54, 1.807) is 0 Å². The fourth-order valence-electron chi connectivity index (χ4n) is 2.15. The lowest BCUT2D eigenvalue weighted by molar-refractivity contribution is -0.196. The highest BCUT2D eigenvalue weighted by Gasteiger charge is 2.40. The second-order valence-corrected chi connectivity index (χ2v) is 5.30. The molecule has 0 aliphatic rings. The second-order valence-electron chi connectivity index (χ2n) is 5.30. The maximum Gasteiger partial charge on any atom is 0.303 e. The molecule has 0 saturated carbocycles. The summed E-state index contributed by atoms with van der Waals surface area (Å²) in [6, 6.07) is 0. The zero-order valence-corrected chi connectivity index (χ0v) is 15.8. The van der Waals surface area contributed by atoms with E-state index >= 15 is 0 Å². The Kier molecular flexibility index (Phi) is 11.2. The third-order valence-corrected chi connectivity index (χ3v) is 3.15. The van der Waals surface area contributed by atoms with Crippen LogP contribution in [0.4, 0.5) is 0 Å². The van der Waals surface area contributed by atoms with Crippen LogP contribution in [-0.2, 0) is 47.6 Å². The molecule has 0 amide bonds. The summed E-state index contributed by atoms with van der Waals surface area (Å²) in [5.41, 5.74) is 0. The number of esters is 4. The van der Waals surface area contributed by atoms with Crippen LogP contribution in [0.25, 0.3) is 0 Å². The van der Waals surface area contributed by atoms with E-state index < -0.39 is 48.3 Å². The molecule has 0 aliphatic heterocycles. The second kappa shape index (κ2) is 12.2. The van der Waals surface area contributed by atoms with Gasteiger partial charge >= 0.3 is 23.9 Å². The number of ether oxygens (including phenoxy) is 6. The van der Waals surface area contributed by atoms with Crippen molar-refractivity contribution in [2.24, 2.45) is 0 Å². The van der Waals surface area contributed by atoms with Gasteiger partial charge in [0.1, 0.15) is 25.4 Å². The molecule has 0 heterocycles. The van der Waals surface area contributed by atoms with Gasteiger partial charge in [-0.25, -0.2) is 0 Å². The minimum atomic E-state index is -1.11. The Bertz CT molecular complexity index is 489. The maximum absolute atomic E-state index is 11.5. The topological polar surface area (TPSA) is 124 Å². The lowest BCUT2D eigenvalue weighted by atomic mass is 10.0. The quantitative estimate of drug-likeness (QED) is 0.358. The van der Waals surface area contributed by atoms with Crippen LogP contribution in [0.15, 0.2) is 0 Å². The predicted molar refractivity (Wildman–Crippen MR) is 86.0 cm³/mol. The van der Waals surface area contributed by atoms with E-state index in [-0.39, 0.29) is 13.2 Å². The molecule has 0 fully saturated rings. The Morgan fingerprint density at radius 3 is 1.42 bits per heavy atom. The van der Waals surface area contributed by atoms with Gasteiger partial charge in [-0.1, -0.05) is 0 Å². The van der Waals surface area contributed by atoms with Crippen LogP contribution in [0.3, 0.4) is 0 Å². The summed E-state index contributed by atoms with van der Waals surface area (Å²) < 4.78 is 30.8. The average molecular weight is 378 g/mol. The van der Waals surface area contributed by atoms with E-state index in [0.717, 1.165) is 0 Å². The fourth-order valence-corrected chi connectivity index (χ4v) is 2.15. The van der Waals surface area contributed by atoms with Gasteiger partial charge in [-0.05, 0) is 0 Å². The first-order valence-electron chi connectivity index (χ1n) is 7.79. The molecule has 0 bridgehead atoms. The van der Waals surface area contributed by atoms with Crippen LogP contribution in [0.5, 0.6) is 0 Å². The van der Waals surface area contributed by atoms with E-state index in [2.05, 4.69) is 0 Å². The van der Waals surface area contributed by atoms with Crippen LogP contribution in [0, 0.1) is 0 Å². The highest BCUT2D eigenvalue weighted by atomic mass is 16.6. The van der Waals surface area contributed by atoms with Gasteiger partial charge in [-0.3, -0.25) is 19.2 Å². The number of hydrogen-bond acceptors (Lipinski definition) is 10. The van der Waals surface area contributed by atoms with Gasteiger partial charge in [0.05, 0.1) is 0 Å². The van der Waals surface area contributed by atoms with Gasteiger partial charge in [-0.15, -0.1) is 0 Å². The summed E-state index contributed by atoms with van der Waals surface area (Å²) in [5, 5.41) is 0. The highest BCUT2D eigenvalue weighted by Crippen LogP contribution is 2.19. The first-order valence-corrected chi connectivity index (χ1v) is 7.79. The fraction of sp³-hybridized carbons (Fsp3) is 0.750. The molecule has 0 saturated heterocycles. The minimum absolute atomic E-state index is 0.232. The van der Waals surface area contributed by atoms with E-state index in [0.29, 0.717) is 0 Å². The molecule has 26 heavy (non-hydrogen) atoms. The lowest BCUT2D eigenvalue weighted by Crippen LogP contribution is -2.52. The zero-order chi connectivity index (χ0) is 20.3. The van der Waals surface area contributed by atoms with E-state index in [4.69, 9.17) is 28.4 Å². The summed E-state index contributed by atoms with van der Waals surface area (Å²) in [4.78, 5) is 45.1.